The molecule has 1 aromatic carbocycles. The molecule has 0 heterocycles. The lowest BCUT2D eigenvalue weighted by molar-refractivity contribution is -0.577. The van der Waals surface area contributed by atoms with Crippen LogP contribution in [0.3, 0.4) is 0 Å². The first-order valence-electron chi connectivity index (χ1n) is 8.13. The molecule has 1 saturated carbocycles. The minimum atomic E-state index is -1.06. The Bertz CT molecular complexity index is 564. The molecule has 5 nitrogen and oxygen atoms in total. The molecule has 0 N–H and O–H groups in total. The highest BCUT2D eigenvalue weighted by Gasteiger charge is 2.54. The van der Waals surface area contributed by atoms with Crippen LogP contribution in [0, 0.1) is 16.0 Å². The zero-order valence-electron chi connectivity index (χ0n) is 14.1. The lowest BCUT2D eigenvalue weighted by Gasteiger charge is -2.28. The number of esters is 1. The average molecular weight is 319 g/mol. The van der Waals surface area contributed by atoms with Crippen LogP contribution in [0.1, 0.15) is 52.0 Å². The van der Waals surface area contributed by atoms with Crippen LogP contribution in [-0.2, 0) is 16.0 Å². The lowest BCUT2D eigenvalue weighted by atomic mass is 9.80. The van der Waals surface area contributed by atoms with Crippen molar-refractivity contribution in [3.63, 3.8) is 0 Å². The summed E-state index contributed by atoms with van der Waals surface area (Å²) in [7, 11) is 0. The van der Waals surface area contributed by atoms with Gasteiger partial charge in [-0.25, -0.2) is 0 Å². The standard InChI is InChI=1S/C18H25NO4/c1-17(2,3)23-16(20)12-15-10-7-11-18(15,19(21)22)13-14-8-5-4-6-9-14/h4-6,8-9,15H,7,10-13H2,1-3H3/t15-,18+/m0/s1. The minimum absolute atomic E-state index is 0.116. The molecule has 0 radical (unpaired) electrons. The predicted octanol–water partition coefficient (Wildman–Crippen LogP) is 3.78. The monoisotopic (exact) mass is 319 g/mol. The smallest absolute Gasteiger partial charge is 0.306 e. The number of rotatable bonds is 5. The molecule has 126 valence electrons. The second-order valence-electron chi connectivity index (χ2n) is 7.40. The average Bonchev–Trinajstić information content (AvgIpc) is 2.81. The summed E-state index contributed by atoms with van der Waals surface area (Å²) in [5.74, 6) is -0.615. The third-order valence-corrected chi connectivity index (χ3v) is 4.47. The Labute approximate surface area is 137 Å². The van der Waals surface area contributed by atoms with Gasteiger partial charge < -0.3 is 4.74 Å². The number of carbonyl (C=O) groups is 1. The summed E-state index contributed by atoms with van der Waals surface area (Å²) < 4.78 is 5.36. The lowest BCUT2D eigenvalue weighted by Crippen LogP contribution is -2.45. The summed E-state index contributed by atoms with van der Waals surface area (Å²) in [5.41, 5.74) is -0.676. The van der Waals surface area contributed by atoms with E-state index in [1.165, 1.54) is 0 Å². The van der Waals surface area contributed by atoms with Gasteiger partial charge in [0, 0.05) is 23.7 Å². The van der Waals surface area contributed by atoms with Gasteiger partial charge in [-0.3, -0.25) is 14.9 Å². The van der Waals surface area contributed by atoms with E-state index in [2.05, 4.69) is 0 Å². The molecule has 2 atom stereocenters. The van der Waals surface area contributed by atoms with Crippen molar-refractivity contribution in [2.24, 2.45) is 5.92 Å². The molecular weight excluding hydrogens is 294 g/mol. The first kappa shape index (κ1) is 17.4. The molecule has 0 bridgehead atoms. The van der Waals surface area contributed by atoms with E-state index in [4.69, 9.17) is 4.74 Å². The molecule has 0 amide bonds. The molecule has 0 unspecified atom stereocenters. The summed E-state index contributed by atoms with van der Waals surface area (Å²) in [6.07, 6.45) is 2.48. The Kier molecular flexibility index (Phi) is 5.07. The Morgan fingerprint density at radius 2 is 2.00 bits per heavy atom. The Balaban J connectivity index is 2.17. The van der Waals surface area contributed by atoms with E-state index in [1.54, 1.807) is 0 Å². The molecule has 1 aliphatic carbocycles. The molecule has 0 aromatic heterocycles. The van der Waals surface area contributed by atoms with Crippen LogP contribution < -0.4 is 0 Å². The number of hydrogen-bond donors (Lipinski definition) is 0. The van der Waals surface area contributed by atoms with Crippen LogP contribution in [0.2, 0.25) is 0 Å². The van der Waals surface area contributed by atoms with Crippen LogP contribution in [0.5, 0.6) is 0 Å². The second-order valence-corrected chi connectivity index (χ2v) is 7.40. The van der Waals surface area contributed by atoms with Crippen LogP contribution in [0.25, 0.3) is 0 Å². The van der Waals surface area contributed by atoms with Gasteiger partial charge in [-0.1, -0.05) is 30.3 Å². The number of benzene rings is 1. The molecule has 0 spiro atoms. The third kappa shape index (κ3) is 4.30. The largest absolute Gasteiger partial charge is 0.460 e. The van der Waals surface area contributed by atoms with E-state index in [9.17, 15) is 14.9 Å². The predicted molar refractivity (Wildman–Crippen MR) is 87.7 cm³/mol. The summed E-state index contributed by atoms with van der Waals surface area (Å²) in [6, 6.07) is 9.50. The van der Waals surface area contributed by atoms with Crippen molar-refractivity contribution in [3.05, 3.63) is 46.0 Å². The van der Waals surface area contributed by atoms with Crippen molar-refractivity contribution in [2.75, 3.05) is 0 Å². The van der Waals surface area contributed by atoms with Gasteiger partial charge in [-0.05, 0) is 39.2 Å². The molecule has 0 saturated heterocycles. The third-order valence-electron chi connectivity index (χ3n) is 4.47. The quantitative estimate of drug-likeness (QED) is 0.470. The first-order chi connectivity index (χ1) is 10.7. The van der Waals surface area contributed by atoms with Crippen molar-refractivity contribution in [1.82, 2.24) is 0 Å². The van der Waals surface area contributed by atoms with Crippen molar-refractivity contribution in [3.8, 4) is 0 Å². The van der Waals surface area contributed by atoms with Crippen molar-refractivity contribution in [2.45, 2.75) is 64.0 Å². The Hall–Kier alpha value is -1.91. The molecular formula is C18H25NO4. The SMILES string of the molecule is CC(C)(C)OC(=O)C[C@@H]1CCC[C@]1(Cc1ccccc1)[N+](=O)[O-]. The number of nitro groups is 1. The zero-order chi connectivity index (χ0) is 17.1. The van der Waals surface area contributed by atoms with Gasteiger partial charge in [0.25, 0.3) is 0 Å². The van der Waals surface area contributed by atoms with Crippen molar-refractivity contribution >= 4 is 5.97 Å². The normalized spacial score (nSPS) is 24.4. The van der Waals surface area contributed by atoms with Gasteiger partial charge in [-0.2, -0.15) is 0 Å². The van der Waals surface area contributed by atoms with E-state index in [-0.39, 0.29) is 23.2 Å². The molecule has 5 heteroatoms. The summed E-state index contributed by atoms with van der Waals surface area (Å²) in [6.45, 7) is 5.43. The number of hydrogen-bond acceptors (Lipinski definition) is 4. The van der Waals surface area contributed by atoms with Crippen molar-refractivity contribution in [1.29, 1.82) is 0 Å². The van der Waals surface area contributed by atoms with Gasteiger partial charge in [-0.15, -0.1) is 0 Å². The highest BCUT2D eigenvalue weighted by Crippen LogP contribution is 2.43. The van der Waals surface area contributed by atoms with Crippen LogP contribution in [0.4, 0.5) is 0 Å². The molecule has 2 rings (SSSR count). The van der Waals surface area contributed by atoms with E-state index in [0.29, 0.717) is 19.3 Å². The van der Waals surface area contributed by atoms with Gasteiger partial charge >= 0.3 is 5.97 Å². The number of nitrogens with zero attached hydrogens (tertiary/aromatic N) is 1. The fourth-order valence-corrected chi connectivity index (χ4v) is 3.49. The van der Waals surface area contributed by atoms with Gasteiger partial charge in [0.1, 0.15) is 5.60 Å². The highest BCUT2D eigenvalue weighted by atomic mass is 16.6. The summed E-state index contributed by atoms with van der Waals surface area (Å²) in [5, 5.41) is 11.9. The first-order valence-corrected chi connectivity index (χ1v) is 8.13. The minimum Gasteiger partial charge on any atom is -0.460 e. The molecule has 1 aliphatic rings. The van der Waals surface area contributed by atoms with Gasteiger partial charge in [0.15, 0.2) is 0 Å². The van der Waals surface area contributed by atoms with Crippen molar-refractivity contribution < 1.29 is 14.5 Å². The maximum atomic E-state index is 12.1. The molecule has 0 aliphatic heterocycles. The maximum Gasteiger partial charge on any atom is 0.306 e. The number of carbonyl (C=O) groups excluding carboxylic acids is 1. The van der Waals surface area contributed by atoms with Crippen LogP contribution in [-0.4, -0.2) is 22.0 Å². The summed E-state index contributed by atoms with van der Waals surface area (Å²) >= 11 is 0. The Morgan fingerprint density at radius 3 is 2.57 bits per heavy atom. The molecule has 1 aromatic rings. The van der Waals surface area contributed by atoms with Crippen LogP contribution >= 0.6 is 0 Å². The zero-order valence-corrected chi connectivity index (χ0v) is 14.1. The molecule has 23 heavy (non-hydrogen) atoms. The van der Waals surface area contributed by atoms with E-state index in [1.807, 2.05) is 51.1 Å². The number of ether oxygens (including phenoxy) is 1. The van der Waals surface area contributed by atoms with Gasteiger partial charge in [0.2, 0.25) is 5.54 Å². The van der Waals surface area contributed by atoms with E-state index < -0.39 is 11.1 Å². The molecule has 1 fully saturated rings. The van der Waals surface area contributed by atoms with Crippen LogP contribution in [0.15, 0.2) is 30.3 Å². The fourth-order valence-electron chi connectivity index (χ4n) is 3.49. The summed E-state index contributed by atoms with van der Waals surface area (Å²) in [4.78, 5) is 23.8. The van der Waals surface area contributed by atoms with E-state index >= 15 is 0 Å². The highest BCUT2D eigenvalue weighted by molar-refractivity contribution is 5.70. The fraction of sp³-hybridized carbons (Fsp3) is 0.611. The maximum absolute atomic E-state index is 12.1. The topological polar surface area (TPSA) is 69.4 Å². The van der Waals surface area contributed by atoms with E-state index in [0.717, 1.165) is 12.0 Å². The second kappa shape index (κ2) is 6.69. The van der Waals surface area contributed by atoms with Gasteiger partial charge in [0.05, 0.1) is 6.42 Å². The Morgan fingerprint density at radius 1 is 1.35 bits per heavy atom.